The van der Waals surface area contributed by atoms with Gasteiger partial charge in [0.15, 0.2) is 0 Å². The third kappa shape index (κ3) is 2.42. The number of hydrogen-bond donors (Lipinski definition) is 1. The average molecular weight is 177 g/mol. The lowest BCUT2D eigenvalue weighted by Crippen LogP contribution is -2.11. The molecule has 1 aromatic rings. The first kappa shape index (κ1) is 9.49. The second kappa shape index (κ2) is 4.43. The Morgan fingerprint density at radius 1 is 1.69 bits per heavy atom. The minimum absolute atomic E-state index is 0.264. The Labute approximate surface area is 77.0 Å². The van der Waals surface area contributed by atoms with Crippen molar-refractivity contribution in [1.29, 1.82) is 5.26 Å². The van der Waals surface area contributed by atoms with Crippen molar-refractivity contribution in [1.82, 2.24) is 4.98 Å². The van der Waals surface area contributed by atoms with Gasteiger partial charge in [-0.15, -0.1) is 0 Å². The smallest absolute Gasteiger partial charge is 0.213 e. The van der Waals surface area contributed by atoms with Crippen molar-refractivity contribution < 1.29 is 4.74 Å². The fraction of sp³-hybridized carbons (Fsp3) is 0.333. The molecule has 0 amide bonds. The molecule has 0 radical (unpaired) electrons. The molecule has 4 nitrogen and oxygen atoms in total. The molecule has 1 rings (SSSR count). The normalized spacial score (nSPS) is 11.8. The van der Waals surface area contributed by atoms with E-state index in [1.54, 1.807) is 25.3 Å². The Balaban J connectivity index is 2.83. The molecule has 1 aromatic heterocycles. The second-order valence-corrected chi connectivity index (χ2v) is 2.57. The summed E-state index contributed by atoms with van der Waals surface area (Å²) in [5.74, 6) is 0.519. The SMILES string of the molecule is COc1cccc([C@H](N)CC#N)n1. The molecule has 13 heavy (non-hydrogen) atoms. The van der Waals surface area contributed by atoms with E-state index in [-0.39, 0.29) is 12.5 Å². The highest BCUT2D eigenvalue weighted by atomic mass is 16.5. The zero-order valence-corrected chi connectivity index (χ0v) is 7.40. The van der Waals surface area contributed by atoms with Crippen LogP contribution in [0.3, 0.4) is 0 Å². The van der Waals surface area contributed by atoms with Crippen molar-refractivity contribution in [3.05, 3.63) is 23.9 Å². The third-order valence-electron chi connectivity index (χ3n) is 1.65. The van der Waals surface area contributed by atoms with Gasteiger partial charge in [-0.25, -0.2) is 4.98 Å². The summed E-state index contributed by atoms with van der Waals surface area (Å²) >= 11 is 0. The Kier molecular flexibility index (Phi) is 3.23. The highest BCUT2D eigenvalue weighted by molar-refractivity contribution is 5.18. The van der Waals surface area contributed by atoms with Gasteiger partial charge in [-0.05, 0) is 6.07 Å². The van der Waals surface area contributed by atoms with E-state index in [0.29, 0.717) is 11.6 Å². The molecular weight excluding hydrogens is 166 g/mol. The van der Waals surface area contributed by atoms with Gasteiger partial charge in [-0.2, -0.15) is 5.26 Å². The van der Waals surface area contributed by atoms with Crippen molar-refractivity contribution in [3.63, 3.8) is 0 Å². The van der Waals surface area contributed by atoms with Gasteiger partial charge in [-0.3, -0.25) is 0 Å². The second-order valence-electron chi connectivity index (χ2n) is 2.57. The van der Waals surface area contributed by atoms with E-state index in [4.69, 9.17) is 15.7 Å². The molecule has 0 bridgehead atoms. The van der Waals surface area contributed by atoms with E-state index in [0.717, 1.165) is 0 Å². The zero-order chi connectivity index (χ0) is 9.68. The number of ether oxygens (including phenoxy) is 1. The topological polar surface area (TPSA) is 71.9 Å². The van der Waals surface area contributed by atoms with Gasteiger partial charge < -0.3 is 10.5 Å². The Morgan fingerprint density at radius 2 is 2.46 bits per heavy atom. The minimum atomic E-state index is -0.333. The number of nitrogens with two attached hydrogens (primary N) is 1. The molecule has 0 saturated carbocycles. The van der Waals surface area contributed by atoms with Crippen LogP contribution in [0, 0.1) is 11.3 Å². The number of hydrogen-bond acceptors (Lipinski definition) is 4. The fourth-order valence-electron chi connectivity index (χ4n) is 0.954. The molecule has 4 heteroatoms. The molecular formula is C9H11N3O. The largest absolute Gasteiger partial charge is 0.481 e. The highest BCUT2D eigenvalue weighted by Crippen LogP contribution is 2.14. The third-order valence-corrected chi connectivity index (χ3v) is 1.65. The van der Waals surface area contributed by atoms with Crippen LogP contribution < -0.4 is 10.5 Å². The molecule has 0 saturated heterocycles. The van der Waals surface area contributed by atoms with Crippen molar-refractivity contribution in [3.8, 4) is 11.9 Å². The molecule has 0 spiro atoms. The van der Waals surface area contributed by atoms with Gasteiger partial charge in [0.25, 0.3) is 0 Å². The molecule has 68 valence electrons. The van der Waals surface area contributed by atoms with Crippen LogP contribution in [0.5, 0.6) is 5.88 Å². The predicted molar refractivity (Wildman–Crippen MR) is 47.9 cm³/mol. The number of methoxy groups -OCH3 is 1. The molecule has 0 unspecified atom stereocenters. The summed E-state index contributed by atoms with van der Waals surface area (Å²) in [7, 11) is 1.54. The monoisotopic (exact) mass is 177 g/mol. The molecule has 0 aliphatic rings. The molecule has 1 heterocycles. The molecule has 0 aliphatic heterocycles. The van der Waals surface area contributed by atoms with Gasteiger partial charge in [0.1, 0.15) is 0 Å². The standard InChI is InChI=1S/C9H11N3O/c1-13-9-4-2-3-8(12-9)7(11)5-6-10/h2-4,7H,5,11H2,1H3/t7-/m1/s1. The van der Waals surface area contributed by atoms with Crippen molar-refractivity contribution in [2.45, 2.75) is 12.5 Å². The first-order chi connectivity index (χ1) is 6.27. The van der Waals surface area contributed by atoms with E-state index < -0.39 is 0 Å². The van der Waals surface area contributed by atoms with Crippen LogP contribution in [-0.4, -0.2) is 12.1 Å². The van der Waals surface area contributed by atoms with Crippen LogP contribution in [0.2, 0.25) is 0 Å². The van der Waals surface area contributed by atoms with Gasteiger partial charge in [0.2, 0.25) is 5.88 Å². The van der Waals surface area contributed by atoms with Crippen LogP contribution in [0.25, 0.3) is 0 Å². The Bertz CT molecular complexity index is 319. The van der Waals surface area contributed by atoms with E-state index >= 15 is 0 Å². The maximum Gasteiger partial charge on any atom is 0.213 e. The Hall–Kier alpha value is -1.60. The van der Waals surface area contributed by atoms with Gasteiger partial charge in [-0.1, -0.05) is 6.07 Å². The van der Waals surface area contributed by atoms with Crippen LogP contribution in [0.15, 0.2) is 18.2 Å². The van der Waals surface area contributed by atoms with E-state index in [2.05, 4.69) is 4.98 Å². The maximum atomic E-state index is 8.44. The van der Waals surface area contributed by atoms with Gasteiger partial charge in [0, 0.05) is 6.07 Å². The fourth-order valence-corrected chi connectivity index (χ4v) is 0.954. The van der Waals surface area contributed by atoms with Crippen molar-refractivity contribution in [2.24, 2.45) is 5.73 Å². The van der Waals surface area contributed by atoms with Crippen LogP contribution in [0.4, 0.5) is 0 Å². The summed E-state index contributed by atoms with van der Waals surface area (Å²) in [6, 6.07) is 6.99. The minimum Gasteiger partial charge on any atom is -0.481 e. The summed E-state index contributed by atoms with van der Waals surface area (Å²) < 4.78 is 4.93. The maximum absolute atomic E-state index is 8.44. The molecule has 0 aromatic carbocycles. The quantitative estimate of drug-likeness (QED) is 0.747. The lowest BCUT2D eigenvalue weighted by Gasteiger charge is -2.07. The van der Waals surface area contributed by atoms with Gasteiger partial charge >= 0.3 is 0 Å². The Morgan fingerprint density at radius 3 is 3.08 bits per heavy atom. The van der Waals surface area contributed by atoms with Crippen LogP contribution >= 0.6 is 0 Å². The van der Waals surface area contributed by atoms with E-state index in [9.17, 15) is 0 Å². The van der Waals surface area contributed by atoms with Crippen molar-refractivity contribution >= 4 is 0 Å². The summed E-state index contributed by atoms with van der Waals surface area (Å²) in [4.78, 5) is 4.11. The average Bonchev–Trinajstić information content (AvgIpc) is 2.18. The molecule has 0 fully saturated rings. The molecule has 0 aliphatic carbocycles. The number of nitrogens with zero attached hydrogens (tertiary/aromatic N) is 2. The van der Waals surface area contributed by atoms with E-state index in [1.165, 1.54) is 0 Å². The molecule has 2 N–H and O–H groups in total. The lowest BCUT2D eigenvalue weighted by molar-refractivity contribution is 0.395. The summed E-state index contributed by atoms with van der Waals surface area (Å²) in [5, 5.41) is 8.44. The summed E-state index contributed by atoms with van der Waals surface area (Å²) in [6.45, 7) is 0. The molecule has 1 atom stereocenters. The lowest BCUT2D eigenvalue weighted by atomic mass is 10.1. The first-order valence-corrected chi connectivity index (χ1v) is 3.91. The number of aromatic nitrogens is 1. The first-order valence-electron chi connectivity index (χ1n) is 3.91. The van der Waals surface area contributed by atoms with Crippen molar-refractivity contribution in [2.75, 3.05) is 7.11 Å². The highest BCUT2D eigenvalue weighted by Gasteiger charge is 2.07. The zero-order valence-electron chi connectivity index (χ0n) is 7.40. The van der Waals surface area contributed by atoms with E-state index in [1.807, 2.05) is 6.07 Å². The van der Waals surface area contributed by atoms with Crippen LogP contribution in [0.1, 0.15) is 18.2 Å². The summed E-state index contributed by atoms with van der Waals surface area (Å²) in [6.07, 6.45) is 0.264. The van der Waals surface area contributed by atoms with Crippen LogP contribution in [-0.2, 0) is 0 Å². The predicted octanol–water partition coefficient (Wildman–Crippen LogP) is 1.00. The number of nitriles is 1. The van der Waals surface area contributed by atoms with Gasteiger partial charge in [0.05, 0.1) is 31.3 Å². The number of rotatable bonds is 3. The summed E-state index contributed by atoms with van der Waals surface area (Å²) in [5.41, 5.74) is 6.37. The number of pyridine rings is 1.